The van der Waals surface area contributed by atoms with Crippen molar-refractivity contribution < 1.29 is 14.3 Å². The van der Waals surface area contributed by atoms with Crippen LogP contribution in [-0.2, 0) is 20.7 Å². The number of hydrogen-bond acceptors (Lipinski definition) is 4. The molecule has 1 aromatic carbocycles. The molecule has 0 aromatic heterocycles. The van der Waals surface area contributed by atoms with Gasteiger partial charge in [0.1, 0.15) is 6.10 Å². The normalized spacial score (nSPS) is 24.5. The van der Waals surface area contributed by atoms with Crippen LogP contribution in [0.4, 0.5) is 5.69 Å². The number of rotatable bonds is 2. The van der Waals surface area contributed by atoms with Crippen LogP contribution in [0.15, 0.2) is 18.2 Å². The van der Waals surface area contributed by atoms with Gasteiger partial charge >= 0.3 is 0 Å². The van der Waals surface area contributed by atoms with Crippen molar-refractivity contribution in [3.8, 4) is 0 Å². The van der Waals surface area contributed by atoms with Gasteiger partial charge in [-0.15, -0.1) is 0 Å². The third-order valence-corrected chi connectivity index (χ3v) is 3.65. The van der Waals surface area contributed by atoms with E-state index in [1.807, 2.05) is 12.1 Å². The van der Waals surface area contributed by atoms with E-state index in [9.17, 15) is 4.79 Å². The molecule has 19 heavy (non-hydrogen) atoms. The fraction of sp³-hybridized carbons (Fsp3) is 0.500. The summed E-state index contributed by atoms with van der Waals surface area (Å²) >= 11 is 0. The molecule has 1 saturated heterocycles. The van der Waals surface area contributed by atoms with E-state index in [1.54, 1.807) is 0 Å². The first kappa shape index (κ1) is 12.6. The summed E-state index contributed by atoms with van der Waals surface area (Å²) in [5.41, 5.74) is 9.31. The van der Waals surface area contributed by atoms with Crippen LogP contribution in [0.3, 0.4) is 0 Å². The van der Waals surface area contributed by atoms with E-state index in [1.165, 1.54) is 0 Å². The highest BCUT2D eigenvalue weighted by Gasteiger charge is 2.24. The molecule has 5 nitrogen and oxygen atoms in total. The zero-order valence-corrected chi connectivity index (χ0v) is 10.7. The third-order valence-electron chi connectivity index (χ3n) is 3.65. The van der Waals surface area contributed by atoms with Crippen molar-refractivity contribution in [1.82, 2.24) is 0 Å². The largest absolute Gasteiger partial charge is 0.376 e. The molecule has 2 aliphatic rings. The van der Waals surface area contributed by atoms with E-state index < -0.39 is 0 Å². The van der Waals surface area contributed by atoms with Gasteiger partial charge < -0.3 is 20.5 Å². The molecule has 1 amide bonds. The van der Waals surface area contributed by atoms with Crippen molar-refractivity contribution in [2.75, 3.05) is 25.1 Å². The Morgan fingerprint density at radius 1 is 1.32 bits per heavy atom. The van der Waals surface area contributed by atoms with Crippen LogP contribution in [0.25, 0.3) is 0 Å². The minimum atomic E-state index is -0.191. The summed E-state index contributed by atoms with van der Waals surface area (Å²) in [5.74, 6) is 0.0774. The molecule has 3 N–H and O–H groups in total. The fourth-order valence-electron chi connectivity index (χ4n) is 2.54. The summed E-state index contributed by atoms with van der Waals surface area (Å²) < 4.78 is 11.0. The second kappa shape index (κ2) is 5.28. The molecule has 3 rings (SSSR count). The first-order valence-electron chi connectivity index (χ1n) is 6.61. The van der Waals surface area contributed by atoms with Crippen molar-refractivity contribution in [2.45, 2.75) is 25.0 Å². The molecule has 102 valence electrons. The van der Waals surface area contributed by atoms with Crippen LogP contribution in [0.5, 0.6) is 0 Å². The number of aryl methyl sites for hydroxylation is 1. The molecule has 1 fully saturated rings. The number of carbonyl (C=O) groups excluding carboxylic acids is 1. The Labute approximate surface area is 112 Å². The van der Waals surface area contributed by atoms with Crippen molar-refractivity contribution >= 4 is 11.6 Å². The lowest BCUT2D eigenvalue weighted by molar-refractivity contribution is -0.116. The van der Waals surface area contributed by atoms with Gasteiger partial charge in [-0.25, -0.2) is 0 Å². The lowest BCUT2D eigenvalue weighted by atomic mass is 9.95. The van der Waals surface area contributed by atoms with Gasteiger partial charge in [0.2, 0.25) is 5.91 Å². The first-order valence-corrected chi connectivity index (χ1v) is 6.61. The highest BCUT2D eigenvalue weighted by molar-refractivity contribution is 5.93. The number of ether oxygens (including phenoxy) is 2. The SMILES string of the molecule is NC(c1ccc2c(c1)CCC(=O)N2)C1COCCO1. The molecular weight excluding hydrogens is 244 g/mol. The molecule has 0 radical (unpaired) electrons. The Kier molecular flexibility index (Phi) is 3.50. The molecule has 1 aromatic rings. The predicted molar refractivity (Wildman–Crippen MR) is 70.9 cm³/mol. The monoisotopic (exact) mass is 262 g/mol. The van der Waals surface area contributed by atoms with Gasteiger partial charge in [0.05, 0.1) is 25.9 Å². The van der Waals surface area contributed by atoms with Crippen LogP contribution in [0.2, 0.25) is 0 Å². The Balaban J connectivity index is 1.79. The lowest BCUT2D eigenvalue weighted by Crippen LogP contribution is -2.37. The smallest absolute Gasteiger partial charge is 0.224 e. The number of anilines is 1. The highest BCUT2D eigenvalue weighted by atomic mass is 16.6. The fourth-order valence-corrected chi connectivity index (χ4v) is 2.54. The topological polar surface area (TPSA) is 73.6 Å². The zero-order chi connectivity index (χ0) is 13.2. The Morgan fingerprint density at radius 3 is 3.00 bits per heavy atom. The summed E-state index contributed by atoms with van der Waals surface area (Å²) in [6.45, 7) is 1.77. The minimum Gasteiger partial charge on any atom is -0.376 e. The van der Waals surface area contributed by atoms with Gasteiger partial charge in [0, 0.05) is 12.1 Å². The summed E-state index contributed by atoms with van der Waals surface area (Å²) in [7, 11) is 0. The van der Waals surface area contributed by atoms with Crippen molar-refractivity contribution in [1.29, 1.82) is 0 Å². The van der Waals surface area contributed by atoms with Crippen molar-refractivity contribution in [3.05, 3.63) is 29.3 Å². The van der Waals surface area contributed by atoms with Gasteiger partial charge in [-0.1, -0.05) is 12.1 Å². The quantitative estimate of drug-likeness (QED) is 0.833. The molecule has 2 atom stereocenters. The number of fused-ring (bicyclic) bond motifs is 1. The molecule has 0 aliphatic carbocycles. The number of nitrogens with two attached hydrogens (primary N) is 1. The molecule has 2 aliphatic heterocycles. The maximum Gasteiger partial charge on any atom is 0.224 e. The Hall–Kier alpha value is -1.43. The molecule has 0 bridgehead atoms. The summed E-state index contributed by atoms with van der Waals surface area (Å²) in [4.78, 5) is 11.3. The van der Waals surface area contributed by atoms with Gasteiger partial charge in [-0.2, -0.15) is 0 Å². The molecule has 0 spiro atoms. The average molecular weight is 262 g/mol. The Bertz CT molecular complexity index is 484. The van der Waals surface area contributed by atoms with Gasteiger partial charge in [-0.3, -0.25) is 4.79 Å². The number of hydrogen-bond donors (Lipinski definition) is 2. The van der Waals surface area contributed by atoms with E-state index in [0.717, 1.165) is 23.2 Å². The van der Waals surface area contributed by atoms with E-state index in [2.05, 4.69) is 11.4 Å². The Morgan fingerprint density at radius 2 is 2.21 bits per heavy atom. The summed E-state index contributed by atoms with van der Waals surface area (Å²) in [5, 5.41) is 2.87. The predicted octanol–water partition coefficient (Wildman–Crippen LogP) is 0.986. The van der Waals surface area contributed by atoms with Gasteiger partial charge in [-0.05, 0) is 23.6 Å². The molecule has 0 saturated carbocycles. The van der Waals surface area contributed by atoms with Crippen molar-refractivity contribution in [2.24, 2.45) is 5.73 Å². The van der Waals surface area contributed by atoms with Crippen LogP contribution in [0, 0.1) is 0 Å². The summed E-state index contributed by atoms with van der Waals surface area (Å²) in [6.07, 6.45) is 1.21. The van der Waals surface area contributed by atoms with Gasteiger partial charge in [0.25, 0.3) is 0 Å². The van der Waals surface area contributed by atoms with Crippen LogP contribution in [0.1, 0.15) is 23.6 Å². The maximum absolute atomic E-state index is 11.3. The average Bonchev–Trinajstić information content (AvgIpc) is 2.47. The van der Waals surface area contributed by atoms with E-state index in [4.69, 9.17) is 15.2 Å². The lowest BCUT2D eigenvalue weighted by Gasteiger charge is -2.29. The van der Waals surface area contributed by atoms with E-state index in [-0.39, 0.29) is 18.1 Å². The number of carbonyl (C=O) groups is 1. The highest BCUT2D eigenvalue weighted by Crippen LogP contribution is 2.27. The molecule has 2 heterocycles. The molecule has 5 heteroatoms. The number of nitrogens with one attached hydrogen (secondary N) is 1. The molecular formula is C14H18N2O3. The van der Waals surface area contributed by atoms with Crippen LogP contribution < -0.4 is 11.1 Å². The number of benzene rings is 1. The maximum atomic E-state index is 11.3. The first-order chi connectivity index (χ1) is 9.24. The third kappa shape index (κ3) is 2.63. The van der Waals surface area contributed by atoms with Crippen LogP contribution in [-0.4, -0.2) is 31.8 Å². The van der Waals surface area contributed by atoms with Gasteiger partial charge in [0.15, 0.2) is 0 Å². The second-order valence-corrected chi connectivity index (χ2v) is 4.97. The van der Waals surface area contributed by atoms with Crippen molar-refractivity contribution in [3.63, 3.8) is 0 Å². The zero-order valence-electron chi connectivity index (χ0n) is 10.7. The minimum absolute atomic E-state index is 0.0774. The summed E-state index contributed by atoms with van der Waals surface area (Å²) in [6, 6.07) is 5.75. The standard InChI is InChI=1S/C14H18N2O3/c15-14(12-8-18-5-6-19-12)10-1-3-11-9(7-10)2-4-13(17)16-11/h1,3,7,12,14H,2,4-6,8,15H2,(H,16,17). The van der Waals surface area contributed by atoms with E-state index >= 15 is 0 Å². The van der Waals surface area contributed by atoms with Crippen LogP contribution >= 0.6 is 0 Å². The second-order valence-electron chi connectivity index (χ2n) is 4.97. The van der Waals surface area contributed by atoms with E-state index in [0.29, 0.717) is 26.2 Å². The molecule has 2 unspecified atom stereocenters. The number of amides is 1.